The van der Waals surface area contributed by atoms with Crippen LogP contribution in [0.2, 0.25) is 0 Å². The molecular formula is C15H21NO4S2. The van der Waals surface area contributed by atoms with E-state index in [1.807, 2.05) is 13.8 Å². The zero-order valence-corrected chi connectivity index (χ0v) is 14.5. The first-order chi connectivity index (χ1) is 10.2. The Kier molecular flexibility index (Phi) is 3.86. The van der Waals surface area contributed by atoms with E-state index in [0.29, 0.717) is 6.42 Å². The van der Waals surface area contributed by atoms with E-state index in [4.69, 9.17) is 0 Å². The van der Waals surface area contributed by atoms with Crippen molar-refractivity contribution in [2.24, 2.45) is 0 Å². The van der Waals surface area contributed by atoms with Gasteiger partial charge in [0.2, 0.25) is 10.0 Å². The Balaban J connectivity index is 1.98. The van der Waals surface area contributed by atoms with Gasteiger partial charge in [-0.05, 0) is 56.4 Å². The van der Waals surface area contributed by atoms with Crippen LogP contribution in [0, 0.1) is 13.8 Å². The number of benzene rings is 1. The van der Waals surface area contributed by atoms with Crippen LogP contribution >= 0.6 is 0 Å². The first-order valence-corrected chi connectivity index (χ1v) is 10.8. The van der Waals surface area contributed by atoms with Crippen molar-refractivity contribution in [3.05, 3.63) is 29.3 Å². The first-order valence-electron chi connectivity index (χ1n) is 7.52. The van der Waals surface area contributed by atoms with Gasteiger partial charge in [-0.1, -0.05) is 6.07 Å². The Morgan fingerprint density at radius 3 is 2.23 bits per heavy atom. The average Bonchev–Trinajstić information content (AvgIpc) is 3.17. The van der Waals surface area contributed by atoms with Gasteiger partial charge in [-0.3, -0.25) is 0 Å². The molecule has 1 saturated heterocycles. The third-order valence-corrected chi connectivity index (χ3v) is 8.28. The van der Waals surface area contributed by atoms with Gasteiger partial charge in [-0.25, -0.2) is 16.8 Å². The summed E-state index contributed by atoms with van der Waals surface area (Å²) < 4.78 is 50.9. The molecule has 2 aliphatic rings. The molecular weight excluding hydrogens is 322 g/mol. The first kappa shape index (κ1) is 16.0. The van der Waals surface area contributed by atoms with E-state index in [1.165, 1.54) is 4.31 Å². The van der Waals surface area contributed by atoms with Gasteiger partial charge in [-0.15, -0.1) is 0 Å². The maximum atomic E-state index is 13.0. The number of aryl methyl sites for hydroxylation is 2. The fraction of sp³-hybridized carbons (Fsp3) is 0.600. The molecule has 1 atom stereocenters. The quantitative estimate of drug-likeness (QED) is 0.833. The van der Waals surface area contributed by atoms with Crippen LogP contribution in [-0.4, -0.2) is 44.7 Å². The van der Waals surface area contributed by atoms with Gasteiger partial charge in [0.25, 0.3) is 0 Å². The minimum Gasteiger partial charge on any atom is -0.229 e. The molecule has 1 aliphatic heterocycles. The minimum absolute atomic E-state index is 0.0371. The van der Waals surface area contributed by atoms with Gasteiger partial charge in [0, 0.05) is 12.1 Å². The summed E-state index contributed by atoms with van der Waals surface area (Å²) in [6, 6.07) is 4.66. The number of sulfonamides is 1. The van der Waals surface area contributed by atoms with Crippen molar-refractivity contribution in [2.75, 3.05) is 11.5 Å². The smallest absolute Gasteiger partial charge is 0.229 e. The molecule has 0 radical (unpaired) electrons. The molecule has 0 amide bonds. The lowest BCUT2D eigenvalue weighted by Crippen LogP contribution is -2.42. The summed E-state index contributed by atoms with van der Waals surface area (Å²) >= 11 is 0. The van der Waals surface area contributed by atoms with Gasteiger partial charge in [0.05, 0.1) is 16.4 Å². The molecule has 0 spiro atoms. The van der Waals surface area contributed by atoms with Crippen LogP contribution in [0.1, 0.15) is 30.4 Å². The molecule has 1 saturated carbocycles. The summed E-state index contributed by atoms with van der Waals surface area (Å²) in [5.41, 5.74) is 1.97. The standard InChI is InChI=1S/C15H21NO4S2/c1-11-3-6-15(9-12(11)2)22(19,20)16(13-4-5-13)14-7-8-21(17,18)10-14/h3,6,9,13-14H,4-5,7-8,10H2,1-2H3/t14-/m1/s1. The lowest BCUT2D eigenvalue weighted by molar-refractivity contribution is 0.332. The molecule has 122 valence electrons. The summed E-state index contributed by atoms with van der Waals surface area (Å²) in [6.45, 7) is 3.82. The fourth-order valence-electron chi connectivity index (χ4n) is 2.99. The molecule has 1 aliphatic carbocycles. The molecule has 3 rings (SSSR count). The predicted molar refractivity (Wildman–Crippen MR) is 85.0 cm³/mol. The van der Waals surface area contributed by atoms with Gasteiger partial charge in [0.15, 0.2) is 9.84 Å². The highest BCUT2D eigenvalue weighted by atomic mass is 32.2. The molecule has 1 heterocycles. The van der Waals surface area contributed by atoms with E-state index < -0.39 is 25.9 Å². The molecule has 2 fully saturated rings. The topological polar surface area (TPSA) is 71.5 Å². The highest BCUT2D eigenvalue weighted by molar-refractivity contribution is 7.92. The van der Waals surface area contributed by atoms with Gasteiger partial charge < -0.3 is 0 Å². The third kappa shape index (κ3) is 2.94. The minimum atomic E-state index is -3.64. The lowest BCUT2D eigenvalue weighted by atomic mass is 10.1. The van der Waals surface area contributed by atoms with E-state index >= 15 is 0 Å². The monoisotopic (exact) mass is 343 g/mol. The Labute approximate surface area is 132 Å². The normalized spacial score (nSPS) is 24.8. The molecule has 22 heavy (non-hydrogen) atoms. The van der Waals surface area contributed by atoms with E-state index in [0.717, 1.165) is 24.0 Å². The molecule has 1 aromatic rings. The number of hydrogen-bond donors (Lipinski definition) is 0. The van der Waals surface area contributed by atoms with Crippen molar-refractivity contribution in [1.82, 2.24) is 4.31 Å². The van der Waals surface area contributed by atoms with Crippen molar-refractivity contribution in [1.29, 1.82) is 0 Å². The van der Waals surface area contributed by atoms with Crippen LogP contribution < -0.4 is 0 Å². The molecule has 1 aromatic carbocycles. The summed E-state index contributed by atoms with van der Waals surface area (Å²) in [5.74, 6) is 0.0386. The van der Waals surface area contributed by atoms with Gasteiger partial charge in [-0.2, -0.15) is 4.31 Å². The van der Waals surface area contributed by atoms with Gasteiger partial charge >= 0.3 is 0 Å². The van der Waals surface area contributed by atoms with Crippen LogP contribution in [0.15, 0.2) is 23.1 Å². The second kappa shape index (κ2) is 5.32. The maximum Gasteiger partial charge on any atom is 0.243 e. The summed E-state index contributed by atoms with van der Waals surface area (Å²) in [5, 5.41) is 0. The number of hydrogen-bond acceptors (Lipinski definition) is 4. The van der Waals surface area contributed by atoms with Crippen molar-refractivity contribution in [2.45, 2.75) is 50.1 Å². The molecule has 0 aromatic heterocycles. The second-order valence-electron chi connectivity index (χ2n) is 6.37. The van der Waals surface area contributed by atoms with Crippen LogP contribution in [-0.2, 0) is 19.9 Å². The summed E-state index contributed by atoms with van der Waals surface area (Å²) in [4.78, 5) is 0.270. The summed E-state index contributed by atoms with van der Waals surface area (Å²) in [7, 11) is -6.75. The van der Waals surface area contributed by atoms with E-state index in [-0.39, 0.29) is 22.4 Å². The molecule has 0 unspecified atom stereocenters. The van der Waals surface area contributed by atoms with E-state index in [9.17, 15) is 16.8 Å². The van der Waals surface area contributed by atoms with Crippen LogP contribution in [0.3, 0.4) is 0 Å². The van der Waals surface area contributed by atoms with E-state index in [2.05, 4.69) is 0 Å². The third-order valence-electron chi connectivity index (χ3n) is 4.53. The van der Waals surface area contributed by atoms with Crippen molar-refractivity contribution < 1.29 is 16.8 Å². The lowest BCUT2D eigenvalue weighted by Gasteiger charge is -2.27. The zero-order chi connectivity index (χ0) is 16.1. The highest BCUT2D eigenvalue weighted by Gasteiger charge is 2.46. The number of nitrogens with zero attached hydrogens (tertiary/aromatic N) is 1. The number of sulfone groups is 1. The molecule has 5 nitrogen and oxygen atoms in total. The van der Waals surface area contributed by atoms with Crippen molar-refractivity contribution in [3.8, 4) is 0 Å². The van der Waals surface area contributed by atoms with Crippen LogP contribution in [0.25, 0.3) is 0 Å². The van der Waals surface area contributed by atoms with Gasteiger partial charge in [0.1, 0.15) is 0 Å². The predicted octanol–water partition coefficient (Wildman–Crippen LogP) is 1.64. The van der Waals surface area contributed by atoms with Crippen LogP contribution in [0.5, 0.6) is 0 Å². The van der Waals surface area contributed by atoms with Crippen molar-refractivity contribution in [3.63, 3.8) is 0 Å². The second-order valence-corrected chi connectivity index (χ2v) is 10.4. The van der Waals surface area contributed by atoms with E-state index in [1.54, 1.807) is 18.2 Å². The Morgan fingerprint density at radius 2 is 1.73 bits per heavy atom. The summed E-state index contributed by atoms with van der Waals surface area (Å²) in [6.07, 6.45) is 2.05. The Morgan fingerprint density at radius 1 is 1.05 bits per heavy atom. The SMILES string of the molecule is Cc1ccc(S(=O)(=O)N(C2CC2)[C@@H]2CCS(=O)(=O)C2)cc1C. The molecule has 0 N–H and O–H groups in total. The largest absolute Gasteiger partial charge is 0.243 e. The van der Waals surface area contributed by atoms with Crippen molar-refractivity contribution >= 4 is 19.9 Å². The molecule has 0 bridgehead atoms. The Bertz CT molecular complexity index is 795. The zero-order valence-electron chi connectivity index (χ0n) is 12.8. The van der Waals surface area contributed by atoms with Crippen LogP contribution in [0.4, 0.5) is 0 Å². The highest BCUT2D eigenvalue weighted by Crippen LogP contribution is 2.37. The fourth-order valence-corrected chi connectivity index (χ4v) is 6.78. The average molecular weight is 343 g/mol. The number of rotatable bonds is 4. The Hall–Kier alpha value is -0.920. The molecule has 7 heteroatoms. The maximum absolute atomic E-state index is 13.0.